The van der Waals surface area contributed by atoms with E-state index in [0.29, 0.717) is 6.04 Å². The summed E-state index contributed by atoms with van der Waals surface area (Å²) in [5, 5.41) is 5.99. The van der Waals surface area contributed by atoms with Gasteiger partial charge in [-0.05, 0) is 13.8 Å². The first-order valence-corrected chi connectivity index (χ1v) is 5.89. The largest absolute Gasteiger partial charge is 0.741 e. The molecule has 0 aromatic heterocycles. The fraction of sp³-hybridized carbons (Fsp3) is 0.857. The van der Waals surface area contributed by atoms with Crippen LogP contribution in [-0.2, 0) is 10.1 Å². The van der Waals surface area contributed by atoms with Crippen molar-refractivity contribution in [1.82, 2.24) is 9.91 Å². The van der Waals surface area contributed by atoms with E-state index in [1.807, 2.05) is 18.4 Å². The maximum Gasteiger partial charge on any atom is 0.485 e. The first-order valence-electron chi connectivity index (χ1n) is 4.48. The van der Waals surface area contributed by atoms with Gasteiger partial charge in [0.05, 0.1) is 0 Å². The smallest absolute Gasteiger partial charge is 0.485 e. The van der Waals surface area contributed by atoms with Gasteiger partial charge in [-0.1, -0.05) is 0 Å². The number of alkyl halides is 3. The fourth-order valence-corrected chi connectivity index (χ4v) is 0.760. The van der Waals surface area contributed by atoms with Crippen LogP contribution in [0.2, 0.25) is 0 Å². The Hall–Kier alpha value is -1.03. The van der Waals surface area contributed by atoms with Crippen LogP contribution < -0.4 is 0 Å². The normalized spacial score (nSPS) is 16.2. The molecule has 0 amide bonds. The van der Waals surface area contributed by atoms with Gasteiger partial charge in [0.2, 0.25) is 0 Å². The van der Waals surface area contributed by atoms with Gasteiger partial charge in [0.25, 0.3) is 0 Å². The zero-order valence-corrected chi connectivity index (χ0v) is 10.3. The Labute approximate surface area is 97.4 Å². The highest BCUT2D eigenvalue weighted by atomic mass is 32.2. The van der Waals surface area contributed by atoms with Gasteiger partial charge >= 0.3 is 5.51 Å². The van der Waals surface area contributed by atoms with Gasteiger partial charge in [0.15, 0.2) is 10.1 Å². The maximum absolute atomic E-state index is 10.7. The molecule has 1 aliphatic heterocycles. The van der Waals surface area contributed by atoms with Crippen molar-refractivity contribution in [3.05, 3.63) is 0 Å². The summed E-state index contributed by atoms with van der Waals surface area (Å²) in [7, 11) is -4.12. The van der Waals surface area contributed by atoms with E-state index in [1.165, 1.54) is 0 Å². The van der Waals surface area contributed by atoms with E-state index < -0.39 is 15.6 Å². The number of halogens is 3. The highest BCUT2D eigenvalue weighted by molar-refractivity contribution is 7.86. The van der Waals surface area contributed by atoms with Crippen LogP contribution in [0.3, 0.4) is 0 Å². The predicted octanol–water partition coefficient (Wildman–Crippen LogP) is 0.594. The molecule has 0 saturated carbocycles. The molecule has 0 fully saturated rings. The van der Waals surface area contributed by atoms with E-state index in [4.69, 9.17) is 13.0 Å². The lowest BCUT2D eigenvalue weighted by molar-refractivity contribution is -0.0517. The molecule has 10 heteroatoms. The Bertz CT molecular complexity index is 366. The van der Waals surface area contributed by atoms with Crippen LogP contribution in [0, 0.1) is 0 Å². The van der Waals surface area contributed by atoms with E-state index in [0.717, 1.165) is 6.67 Å². The van der Waals surface area contributed by atoms with Gasteiger partial charge in [-0.25, -0.2) is 8.42 Å². The number of nitrogens with zero attached hydrogens (tertiary/aromatic N) is 3. The van der Waals surface area contributed by atoms with Gasteiger partial charge in [0.1, 0.15) is 13.0 Å². The fourth-order valence-electron chi connectivity index (χ4n) is 0.760. The summed E-state index contributed by atoms with van der Waals surface area (Å²) in [6.07, 6.45) is 1.88. The molecule has 1 rings (SSSR count). The third kappa shape index (κ3) is 5.73. The van der Waals surface area contributed by atoms with Crippen LogP contribution in [0.25, 0.3) is 0 Å². The molecule has 17 heavy (non-hydrogen) atoms. The molecule has 102 valence electrons. The monoisotopic (exact) mass is 276 g/mol. The van der Waals surface area contributed by atoms with Gasteiger partial charge < -0.3 is 9.45 Å². The first kappa shape index (κ1) is 16.0. The summed E-state index contributed by atoms with van der Waals surface area (Å²) in [4.78, 5) is 2.18. The summed E-state index contributed by atoms with van der Waals surface area (Å²) < 4.78 is 58.9. The molecule has 0 aliphatic carbocycles. The van der Waals surface area contributed by atoms with Crippen molar-refractivity contribution < 1.29 is 26.1 Å². The average molecular weight is 276 g/mol. The molecule has 0 radical (unpaired) electrons. The summed E-state index contributed by atoms with van der Waals surface area (Å²) >= 11 is 0. The average Bonchev–Trinajstić information content (AvgIpc) is 2.49. The van der Waals surface area contributed by atoms with Crippen molar-refractivity contribution >= 4 is 16.5 Å². The molecule has 0 saturated heterocycles. The van der Waals surface area contributed by atoms with E-state index in [-0.39, 0.29) is 0 Å². The molecular formula is C7H13F3N3O3S-. The molecule has 6 nitrogen and oxygen atoms in total. The van der Waals surface area contributed by atoms with E-state index in [2.05, 4.69) is 23.8 Å². The second-order valence-electron chi connectivity index (χ2n) is 3.54. The molecule has 1 heterocycles. The Morgan fingerprint density at radius 1 is 1.41 bits per heavy atom. The predicted molar refractivity (Wildman–Crippen MR) is 53.8 cm³/mol. The van der Waals surface area contributed by atoms with E-state index in [1.54, 1.807) is 0 Å². The van der Waals surface area contributed by atoms with Crippen molar-refractivity contribution in [2.75, 3.05) is 13.7 Å². The summed E-state index contributed by atoms with van der Waals surface area (Å²) in [5.41, 5.74) is -5.65. The number of hydrazone groups is 1. The Kier molecular flexibility index (Phi) is 5.20. The molecule has 0 unspecified atom stereocenters. The quantitative estimate of drug-likeness (QED) is 0.517. The topological polar surface area (TPSA) is 76.0 Å². The zero-order valence-electron chi connectivity index (χ0n) is 9.47. The van der Waals surface area contributed by atoms with Crippen LogP contribution in [0.5, 0.6) is 0 Å². The highest BCUT2D eigenvalue weighted by Crippen LogP contribution is 2.20. The molecule has 0 aromatic carbocycles. The molecule has 0 bridgehead atoms. The lowest BCUT2D eigenvalue weighted by Crippen LogP contribution is -2.30. The van der Waals surface area contributed by atoms with Crippen molar-refractivity contribution in [1.29, 1.82) is 0 Å². The maximum atomic E-state index is 10.7. The lowest BCUT2D eigenvalue weighted by Gasteiger charge is -2.19. The van der Waals surface area contributed by atoms with Crippen LogP contribution in [0.1, 0.15) is 13.8 Å². The minimum Gasteiger partial charge on any atom is -0.741 e. The minimum atomic E-state index is -6.09. The zero-order chi connectivity index (χ0) is 13.9. The number of hydrogen-bond donors (Lipinski definition) is 0. The lowest BCUT2D eigenvalue weighted by atomic mass is 10.4. The highest BCUT2D eigenvalue weighted by Gasteiger charge is 2.36. The molecular weight excluding hydrogens is 263 g/mol. The molecule has 0 spiro atoms. The van der Waals surface area contributed by atoms with Gasteiger partial charge in [0, 0.05) is 13.1 Å². The Balaban J connectivity index is 0.000000304. The van der Waals surface area contributed by atoms with Crippen LogP contribution in [0.15, 0.2) is 5.10 Å². The van der Waals surface area contributed by atoms with Crippen LogP contribution in [-0.4, -0.2) is 54.5 Å². The van der Waals surface area contributed by atoms with Crippen molar-refractivity contribution in [2.45, 2.75) is 25.4 Å². The molecule has 0 aromatic rings. The molecule has 0 atom stereocenters. The van der Waals surface area contributed by atoms with E-state index in [9.17, 15) is 13.2 Å². The van der Waals surface area contributed by atoms with Crippen LogP contribution >= 0.6 is 0 Å². The minimum absolute atomic E-state index is 0.568. The van der Waals surface area contributed by atoms with Gasteiger partial charge in [-0.3, -0.25) is 5.01 Å². The third-order valence-corrected chi connectivity index (χ3v) is 2.28. The SMILES string of the molecule is CC(C)N1C=NN(C)C1.O=S(=O)([O-])C(F)(F)F. The van der Waals surface area contributed by atoms with Gasteiger partial charge in [-0.15, -0.1) is 0 Å². The molecule has 0 N–H and O–H groups in total. The van der Waals surface area contributed by atoms with Crippen molar-refractivity contribution in [2.24, 2.45) is 5.10 Å². The summed E-state index contributed by atoms with van der Waals surface area (Å²) in [6, 6.07) is 0.568. The summed E-state index contributed by atoms with van der Waals surface area (Å²) in [5.74, 6) is 0. The third-order valence-electron chi connectivity index (χ3n) is 1.71. The first-order chi connectivity index (χ1) is 7.45. The van der Waals surface area contributed by atoms with Crippen molar-refractivity contribution in [3.63, 3.8) is 0 Å². The summed E-state index contributed by atoms with van der Waals surface area (Å²) in [6.45, 7) is 5.24. The number of hydrogen-bond acceptors (Lipinski definition) is 6. The Morgan fingerprint density at radius 3 is 1.94 bits per heavy atom. The molecule has 1 aliphatic rings. The van der Waals surface area contributed by atoms with Gasteiger partial charge in [-0.2, -0.15) is 18.3 Å². The second-order valence-corrected chi connectivity index (χ2v) is 4.91. The Morgan fingerprint density at radius 2 is 1.82 bits per heavy atom. The standard InChI is InChI=1S/C6H13N3.CHF3O3S/c1-6(2)9-4-7-8(3)5-9;2-1(3,4)8(5,6)7/h4,6H,5H2,1-3H3;(H,5,6,7)/p-1. The van der Waals surface area contributed by atoms with Crippen molar-refractivity contribution in [3.8, 4) is 0 Å². The number of rotatable bonds is 1. The second kappa shape index (κ2) is 5.54. The van der Waals surface area contributed by atoms with E-state index >= 15 is 0 Å². The van der Waals surface area contributed by atoms with Crippen LogP contribution in [0.4, 0.5) is 13.2 Å².